The number of hydrogen-bond donors (Lipinski definition) is 2. The maximum atomic E-state index is 13.6. The average Bonchev–Trinajstić information content (AvgIpc) is 3.74. The number of ether oxygens (including phenoxy) is 2. The number of aliphatic carboxylic acids is 1. The van der Waals surface area contributed by atoms with Crippen LogP contribution in [0.1, 0.15) is 50.0 Å². The van der Waals surface area contributed by atoms with E-state index in [1.807, 2.05) is 0 Å². The minimum Gasteiger partial charge on any atom is -0.481 e. The van der Waals surface area contributed by atoms with Gasteiger partial charge in [0.05, 0.1) is 12.3 Å². The van der Waals surface area contributed by atoms with Crippen molar-refractivity contribution in [3.8, 4) is 11.6 Å². The van der Waals surface area contributed by atoms with Crippen LogP contribution in [0.5, 0.6) is 5.88 Å². The SMILES string of the molecule is CCOC(=O)N1CCN(C(=O)C(CCC(=O)O)NC(=O)c2cc(O[C@@H](C)C(=O)N3CCC[C@H]3C(=O)N(C)C)n(-c3ccccc3)n2)CC1. The third kappa shape index (κ3) is 8.60. The molecule has 1 aromatic carbocycles. The third-order valence-electron chi connectivity index (χ3n) is 8.18. The highest BCUT2D eigenvalue weighted by molar-refractivity contribution is 5.96. The van der Waals surface area contributed by atoms with Crippen molar-refractivity contribution in [2.24, 2.45) is 0 Å². The molecule has 16 heteroatoms. The summed E-state index contributed by atoms with van der Waals surface area (Å²) < 4.78 is 12.5. The molecule has 0 aliphatic carbocycles. The number of benzene rings is 1. The highest BCUT2D eigenvalue weighted by Gasteiger charge is 2.38. The summed E-state index contributed by atoms with van der Waals surface area (Å²) in [7, 11) is 3.28. The number of amides is 5. The van der Waals surface area contributed by atoms with Crippen LogP contribution in [0.3, 0.4) is 0 Å². The highest BCUT2D eigenvalue weighted by Crippen LogP contribution is 2.24. The van der Waals surface area contributed by atoms with E-state index >= 15 is 0 Å². The fourth-order valence-corrected chi connectivity index (χ4v) is 5.67. The van der Waals surface area contributed by atoms with Crippen molar-refractivity contribution in [2.45, 2.75) is 57.7 Å². The molecule has 5 amide bonds. The summed E-state index contributed by atoms with van der Waals surface area (Å²) in [5.74, 6) is -2.86. The van der Waals surface area contributed by atoms with Crippen LogP contribution in [0.25, 0.3) is 5.69 Å². The molecule has 2 aliphatic heterocycles. The zero-order valence-electron chi connectivity index (χ0n) is 27.7. The molecule has 3 atom stereocenters. The Balaban J connectivity index is 1.53. The molecule has 0 spiro atoms. The number of carbonyl (C=O) groups excluding carboxylic acids is 5. The second-order valence-electron chi connectivity index (χ2n) is 11.8. The topological polar surface area (TPSA) is 184 Å². The van der Waals surface area contributed by atoms with Crippen LogP contribution in [0.2, 0.25) is 0 Å². The predicted octanol–water partition coefficient (Wildman–Crippen LogP) is 0.983. The summed E-state index contributed by atoms with van der Waals surface area (Å²) in [4.78, 5) is 82.6. The average molecular weight is 670 g/mol. The van der Waals surface area contributed by atoms with Crippen LogP contribution in [0.15, 0.2) is 36.4 Å². The van der Waals surface area contributed by atoms with Gasteiger partial charge in [0, 0.05) is 59.3 Å². The fourth-order valence-electron chi connectivity index (χ4n) is 5.67. The van der Waals surface area contributed by atoms with E-state index in [0.29, 0.717) is 25.1 Å². The Morgan fingerprint density at radius 1 is 1.00 bits per heavy atom. The molecule has 2 fully saturated rings. The number of aromatic nitrogens is 2. The van der Waals surface area contributed by atoms with Gasteiger partial charge in [0.25, 0.3) is 11.8 Å². The van der Waals surface area contributed by atoms with Crippen molar-refractivity contribution in [3.05, 3.63) is 42.1 Å². The number of piperazine rings is 1. The highest BCUT2D eigenvalue weighted by atomic mass is 16.6. The standard InChI is InChI=1S/C32H43N7O9/c1-5-47-32(46)37-18-16-36(17-19-37)30(44)23(13-14-27(40)41)33-28(42)24-20-26(39(34-24)22-10-7-6-8-11-22)48-21(2)29(43)38-15-9-12-25(38)31(45)35(3)4/h6-8,10-11,20-21,23,25H,5,9,12-19H2,1-4H3,(H,33,42)(H,40,41)/t21-,23?,25-/m0/s1. The van der Waals surface area contributed by atoms with Gasteiger partial charge in [0.15, 0.2) is 11.8 Å². The Morgan fingerprint density at radius 2 is 1.67 bits per heavy atom. The summed E-state index contributed by atoms with van der Waals surface area (Å²) in [6.07, 6.45) is -0.837. The van der Waals surface area contributed by atoms with E-state index in [2.05, 4.69) is 10.4 Å². The number of carbonyl (C=O) groups is 6. The third-order valence-corrected chi connectivity index (χ3v) is 8.18. The van der Waals surface area contributed by atoms with Gasteiger partial charge in [-0.05, 0) is 45.2 Å². The first-order valence-electron chi connectivity index (χ1n) is 16.0. The molecule has 0 radical (unpaired) electrons. The van der Waals surface area contributed by atoms with Gasteiger partial charge in [0.1, 0.15) is 12.1 Å². The van der Waals surface area contributed by atoms with E-state index in [4.69, 9.17) is 9.47 Å². The Kier molecular flexibility index (Phi) is 12.0. The maximum absolute atomic E-state index is 13.6. The first kappa shape index (κ1) is 35.7. The van der Waals surface area contributed by atoms with Crippen LogP contribution < -0.4 is 10.1 Å². The lowest BCUT2D eigenvalue weighted by molar-refractivity contribution is -0.146. The van der Waals surface area contributed by atoms with Gasteiger partial charge in [0.2, 0.25) is 17.7 Å². The molecule has 2 aromatic rings. The molecule has 4 rings (SSSR count). The molecule has 0 bridgehead atoms. The smallest absolute Gasteiger partial charge is 0.409 e. The molecule has 260 valence electrons. The Hall–Kier alpha value is -5.15. The first-order valence-corrected chi connectivity index (χ1v) is 16.0. The van der Waals surface area contributed by atoms with E-state index < -0.39 is 42.1 Å². The van der Waals surface area contributed by atoms with Crippen molar-refractivity contribution < 1.29 is 43.3 Å². The lowest BCUT2D eigenvalue weighted by atomic mass is 10.1. The van der Waals surface area contributed by atoms with Gasteiger partial charge >= 0.3 is 12.1 Å². The molecule has 3 heterocycles. The van der Waals surface area contributed by atoms with Crippen LogP contribution >= 0.6 is 0 Å². The number of rotatable bonds is 12. The second-order valence-corrected chi connectivity index (χ2v) is 11.8. The summed E-state index contributed by atoms with van der Waals surface area (Å²) in [6, 6.07) is 8.36. The zero-order valence-corrected chi connectivity index (χ0v) is 27.7. The summed E-state index contributed by atoms with van der Waals surface area (Å²) in [5.41, 5.74) is 0.404. The van der Waals surface area contributed by atoms with E-state index in [1.165, 1.54) is 30.3 Å². The van der Waals surface area contributed by atoms with Crippen molar-refractivity contribution in [1.82, 2.24) is 34.7 Å². The number of likely N-dealkylation sites (N-methyl/N-ethyl adjacent to an activating group) is 1. The van der Waals surface area contributed by atoms with Gasteiger partial charge in [-0.25, -0.2) is 9.48 Å². The Bertz CT molecular complexity index is 1490. The van der Waals surface area contributed by atoms with Crippen LogP contribution in [0, 0.1) is 0 Å². The molecule has 16 nitrogen and oxygen atoms in total. The number of likely N-dealkylation sites (tertiary alicyclic amines) is 1. The zero-order chi connectivity index (χ0) is 35.0. The van der Waals surface area contributed by atoms with Crippen LogP contribution in [0.4, 0.5) is 4.79 Å². The summed E-state index contributed by atoms with van der Waals surface area (Å²) in [5, 5.41) is 16.4. The first-order chi connectivity index (χ1) is 22.9. The van der Waals surface area contributed by atoms with Crippen molar-refractivity contribution in [1.29, 1.82) is 0 Å². The molecule has 2 saturated heterocycles. The summed E-state index contributed by atoms with van der Waals surface area (Å²) in [6.45, 7) is 4.71. The van der Waals surface area contributed by atoms with Crippen molar-refractivity contribution in [2.75, 3.05) is 53.4 Å². The lowest BCUT2D eigenvalue weighted by Crippen LogP contribution is -2.56. The number of hydrogen-bond acceptors (Lipinski definition) is 9. The molecule has 0 saturated carbocycles. The number of nitrogens with one attached hydrogen (secondary N) is 1. The monoisotopic (exact) mass is 669 g/mol. The van der Waals surface area contributed by atoms with Crippen molar-refractivity contribution >= 4 is 35.7 Å². The van der Waals surface area contributed by atoms with Gasteiger partial charge in [-0.3, -0.25) is 24.0 Å². The Morgan fingerprint density at radius 3 is 2.29 bits per heavy atom. The number of carboxylic acid groups (broad SMARTS) is 1. The van der Waals surface area contributed by atoms with Crippen molar-refractivity contribution in [3.63, 3.8) is 0 Å². The molecule has 48 heavy (non-hydrogen) atoms. The van der Waals surface area contributed by atoms with Crippen LogP contribution in [-0.4, -0.2) is 142 Å². The maximum Gasteiger partial charge on any atom is 0.409 e. The lowest BCUT2D eigenvalue weighted by Gasteiger charge is -2.35. The normalized spacial score (nSPS) is 17.3. The van der Waals surface area contributed by atoms with E-state index in [9.17, 15) is 33.9 Å². The minimum atomic E-state index is -1.18. The molecule has 2 aliphatic rings. The molecule has 2 N–H and O–H groups in total. The second kappa shape index (κ2) is 16.1. The number of nitrogens with zero attached hydrogens (tertiary/aromatic N) is 6. The van der Waals surface area contributed by atoms with Gasteiger partial charge in [-0.15, -0.1) is 0 Å². The van der Waals surface area contributed by atoms with Gasteiger partial charge < -0.3 is 39.5 Å². The fraction of sp³-hybridized carbons (Fsp3) is 0.531. The largest absolute Gasteiger partial charge is 0.481 e. The summed E-state index contributed by atoms with van der Waals surface area (Å²) >= 11 is 0. The number of para-hydroxylation sites is 1. The molecule has 1 unspecified atom stereocenters. The van der Waals surface area contributed by atoms with Crippen LogP contribution in [-0.2, 0) is 23.9 Å². The quantitative estimate of drug-likeness (QED) is 0.330. The molecule has 1 aromatic heterocycles. The molecular formula is C32H43N7O9. The Labute approximate surface area is 278 Å². The van der Waals surface area contributed by atoms with E-state index in [-0.39, 0.29) is 69.0 Å². The van der Waals surface area contributed by atoms with E-state index in [1.54, 1.807) is 58.3 Å². The molecular weight excluding hydrogens is 626 g/mol. The van der Waals surface area contributed by atoms with E-state index in [0.717, 1.165) is 0 Å². The minimum absolute atomic E-state index is 0.0744. The predicted molar refractivity (Wildman–Crippen MR) is 170 cm³/mol. The van der Waals surface area contributed by atoms with Gasteiger partial charge in [-0.1, -0.05) is 18.2 Å². The number of carboxylic acids is 1. The van der Waals surface area contributed by atoms with Gasteiger partial charge in [-0.2, -0.15) is 5.10 Å².